The molecule has 6 nitrogen and oxygen atoms in total. The molecular formula is C13H19N3O3. The molecule has 0 unspecified atom stereocenters. The summed E-state index contributed by atoms with van der Waals surface area (Å²) >= 11 is 0. The van der Waals surface area contributed by atoms with E-state index in [-0.39, 0.29) is 12.5 Å². The highest BCUT2D eigenvalue weighted by atomic mass is 16.3. The highest BCUT2D eigenvalue weighted by Gasteiger charge is 2.24. The number of carbonyl (C=O) groups is 2. The number of carbonyl (C=O) groups excluding carboxylic acids is 2. The van der Waals surface area contributed by atoms with Crippen LogP contribution in [-0.2, 0) is 6.42 Å². The van der Waals surface area contributed by atoms with Crippen LogP contribution in [0.3, 0.4) is 0 Å². The van der Waals surface area contributed by atoms with E-state index in [1.54, 1.807) is 11.1 Å². The minimum Gasteiger partial charge on any atom is -0.396 e. The van der Waals surface area contributed by atoms with Gasteiger partial charge < -0.3 is 19.9 Å². The Bertz CT molecular complexity index is 462. The molecule has 1 aliphatic heterocycles. The molecule has 6 heteroatoms. The number of amides is 1. The van der Waals surface area contributed by atoms with Crippen LogP contribution >= 0.6 is 0 Å². The van der Waals surface area contributed by atoms with Gasteiger partial charge in [0, 0.05) is 39.0 Å². The molecule has 0 bridgehead atoms. The van der Waals surface area contributed by atoms with Gasteiger partial charge in [-0.3, -0.25) is 9.59 Å². The summed E-state index contributed by atoms with van der Waals surface area (Å²) in [6.45, 7) is 3.00. The van der Waals surface area contributed by atoms with Crippen LogP contribution in [0.15, 0.2) is 6.20 Å². The fourth-order valence-corrected chi connectivity index (χ4v) is 2.33. The molecule has 2 rings (SSSR count). The highest BCUT2D eigenvalue weighted by Crippen LogP contribution is 2.17. The third-order valence-corrected chi connectivity index (χ3v) is 3.52. The number of hydrogen-bond donors (Lipinski definition) is 2. The minimum atomic E-state index is -0.0816. The third kappa shape index (κ3) is 2.85. The number of aromatic amines is 1. The molecule has 0 spiro atoms. The lowest BCUT2D eigenvalue weighted by atomic mass is 10.1. The van der Waals surface area contributed by atoms with Crippen LogP contribution in [0.2, 0.25) is 0 Å². The lowest BCUT2D eigenvalue weighted by Gasteiger charge is -2.32. The van der Waals surface area contributed by atoms with Crippen molar-refractivity contribution in [1.29, 1.82) is 0 Å². The molecule has 0 atom stereocenters. The number of aldehydes is 1. The molecule has 2 N–H and O–H groups in total. The van der Waals surface area contributed by atoms with E-state index in [4.69, 9.17) is 5.11 Å². The maximum Gasteiger partial charge on any atom is 0.255 e. The van der Waals surface area contributed by atoms with Gasteiger partial charge in [0.05, 0.1) is 11.3 Å². The quantitative estimate of drug-likeness (QED) is 0.736. The van der Waals surface area contributed by atoms with Crippen molar-refractivity contribution in [3.63, 3.8) is 0 Å². The highest BCUT2D eigenvalue weighted by molar-refractivity contribution is 5.98. The number of aliphatic hydroxyl groups is 1. The van der Waals surface area contributed by atoms with Crippen molar-refractivity contribution >= 4 is 12.2 Å². The molecule has 1 aliphatic rings. The predicted octanol–water partition coefficient (Wildman–Crippen LogP) is -0.250. The molecule has 1 aromatic rings. The fraction of sp³-hybridized carbons (Fsp3) is 0.538. The van der Waals surface area contributed by atoms with Crippen molar-refractivity contribution in [2.24, 2.45) is 0 Å². The van der Waals surface area contributed by atoms with Crippen molar-refractivity contribution in [2.45, 2.75) is 6.42 Å². The Morgan fingerprint density at radius 3 is 2.68 bits per heavy atom. The van der Waals surface area contributed by atoms with Gasteiger partial charge in [-0.2, -0.15) is 0 Å². The number of H-pyrrole nitrogens is 1. The maximum absolute atomic E-state index is 12.4. The first-order chi connectivity index (χ1) is 9.17. The monoisotopic (exact) mass is 265 g/mol. The zero-order valence-corrected chi connectivity index (χ0v) is 11.1. The Balaban J connectivity index is 2.18. The van der Waals surface area contributed by atoms with Gasteiger partial charge >= 0.3 is 0 Å². The second kappa shape index (κ2) is 5.99. The molecule has 104 valence electrons. The van der Waals surface area contributed by atoms with Crippen LogP contribution in [0.1, 0.15) is 26.4 Å². The molecular weight excluding hydrogens is 246 g/mol. The molecule has 0 aliphatic carbocycles. The number of aromatic nitrogens is 1. The number of nitrogens with zero attached hydrogens (tertiary/aromatic N) is 2. The molecule has 1 aromatic heterocycles. The number of rotatable bonds is 4. The van der Waals surface area contributed by atoms with Gasteiger partial charge in [0.15, 0.2) is 6.29 Å². The Hall–Kier alpha value is -1.66. The van der Waals surface area contributed by atoms with Gasteiger partial charge in [-0.1, -0.05) is 0 Å². The molecule has 0 radical (unpaired) electrons. The first-order valence-corrected chi connectivity index (χ1v) is 6.41. The average molecular weight is 265 g/mol. The zero-order chi connectivity index (χ0) is 13.8. The largest absolute Gasteiger partial charge is 0.396 e. The molecule has 1 saturated heterocycles. The van der Waals surface area contributed by atoms with Crippen LogP contribution in [0, 0.1) is 0 Å². The van der Waals surface area contributed by atoms with Crippen molar-refractivity contribution in [1.82, 2.24) is 14.8 Å². The second-order valence-corrected chi connectivity index (χ2v) is 4.78. The summed E-state index contributed by atoms with van der Waals surface area (Å²) < 4.78 is 0. The molecule has 0 aromatic carbocycles. The van der Waals surface area contributed by atoms with Gasteiger partial charge in [0.1, 0.15) is 0 Å². The number of piperazine rings is 1. The van der Waals surface area contributed by atoms with Crippen LogP contribution in [0.5, 0.6) is 0 Å². The van der Waals surface area contributed by atoms with Crippen molar-refractivity contribution < 1.29 is 14.7 Å². The first-order valence-electron chi connectivity index (χ1n) is 6.41. The van der Waals surface area contributed by atoms with Crippen LogP contribution in [0.4, 0.5) is 0 Å². The topological polar surface area (TPSA) is 76.6 Å². The van der Waals surface area contributed by atoms with Gasteiger partial charge in [-0.15, -0.1) is 0 Å². The summed E-state index contributed by atoms with van der Waals surface area (Å²) in [5.74, 6) is -0.0686. The Morgan fingerprint density at radius 2 is 2.11 bits per heavy atom. The second-order valence-electron chi connectivity index (χ2n) is 4.78. The van der Waals surface area contributed by atoms with Crippen LogP contribution in [-0.4, -0.2) is 71.9 Å². The summed E-state index contributed by atoms with van der Waals surface area (Å²) in [6.07, 6.45) is 2.56. The Morgan fingerprint density at radius 1 is 1.42 bits per heavy atom. The molecule has 1 amide bonds. The number of hydrogen-bond acceptors (Lipinski definition) is 4. The van der Waals surface area contributed by atoms with Crippen molar-refractivity contribution in [2.75, 3.05) is 39.8 Å². The van der Waals surface area contributed by atoms with E-state index >= 15 is 0 Å². The molecule has 1 fully saturated rings. The van der Waals surface area contributed by atoms with Gasteiger partial charge in [-0.25, -0.2) is 0 Å². The number of nitrogens with one attached hydrogen (secondary N) is 1. The van der Waals surface area contributed by atoms with E-state index in [0.29, 0.717) is 42.6 Å². The van der Waals surface area contributed by atoms with E-state index in [1.807, 2.05) is 7.05 Å². The SMILES string of the molecule is CN1CCN(C(=O)c2c[nH]c(C=O)c2CCO)CC1. The van der Waals surface area contributed by atoms with Crippen LogP contribution < -0.4 is 0 Å². The predicted molar refractivity (Wildman–Crippen MR) is 70.4 cm³/mol. The average Bonchev–Trinajstić information content (AvgIpc) is 2.82. The lowest BCUT2D eigenvalue weighted by Crippen LogP contribution is -2.47. The summed E-state index contributed by atoms with van der Waals surface area (Å²) in [4.78, 5) is 30.1. The van der Waals surface area contributed by atoms with Gasteiger partial charge in [0.2, 0.25) is 0 Å². The van der Waals surface area contributed by atoms with E-state index < -0.39 is 0 Å². The Kier molecular flexibility index (Phi) is 4.34. The third-order valence-electron chi connectivity index (χ3n) is 3.52. The van der Waals surface area contributed by atoms with Crippen molar-refractivity contribution in [3.05, 3.63) is 23.0 Å². The summed E-state index contributed by atoms with van der Waals surface area (Å²) in [7, 11) is 2.03. The number of likely N-dealkylation sites (N-methyl/N-ethyl adjacent to an activating group) is 1. The smallest absolute Gasteiger partial charge is 0.255 e. The summed E-state index contributed by atoms with van der Waals surface area (Å²) in [6, 6.07) is 0. The van der Waals surface area contributed by atoms with Crippen LogP contribution in [0.25, 0.3) is 0 Å². The van der Waals surface area contributed by atoms with Crippen molar-refractivity contribution in [3.8, 4) is 0 Å². The first kappa shape index (κ1) is 13.8. The van der Waals surface area contributed by atoms with E-state index in [1.165, 1.54) is 0 Å². The summed E-state index contributed by atoms with van der Waals surface area (Å²) in [5.41, 5.74) is 1.49. The number of aliphatic hydroxyl groups excluding tert-OH is 1. The van der Waals surface area contributed by atoms with E-state index in [0.717, 1.165) is 13.1 Å². The minimum absolute atomic E-state index is 0.0686. The normalized spacial score (nSPS) is 16.6. The molecule has 0 saturated carbocycles. The summed E-state index contributed by atoms with van der Waals surface area (Å²) in [5, 5.41) is 9.05. The van der Waals surface area contributed by atoms with Gasteiger partial charge in [-0.05, 0) is 19.0 Å². The zero-order valence-electron chi connectivity index (χ0n) is 11.1. The fourth-order valence-electron chi connectivity index (χ4n) is 2.33. The lowest BCUT2D eigenvalue weighted by molar-refractivity contribution is 0.0663. The maximum atomic E-state index is 12.4. The molecule has 2 heterocycles. The Labute approximate surface area is 112 Å². The van der Waals surface area contributed by atoms with E-state index in [2.05, 4.69) is 9.88 Å². The molecule has 19 heavy (non-hydrogen) atoms. The van der Waals surface area contributed by atoms with Gasteiger partial charge in [0.25, 0.3) is 5.91 Å². The van der Waals surface area contributed by atoms with E-state index in [9.17, 15) is 9.59 Å². The standard InChI is InChI=1S/C13H19N3O3/c1-15-3-5-16(6-4-15)13(19)11-8-14-12(9-18)10(11)2-7-17/h8-9,14,17H,2-7H2,1H3.